The number of aromatic nitrogens is 4. The Balaban J connectivity index is 1.40. The lowest BCUT2D eigenvalue weighted by molar-refractivity contribution is -0.150. The van der Waals surface area contributed by atoms with Gasteiger partial charge in [-0.1, -0.05) is 88.2 Å². The first-order valence-corrected chi connectivity index (χ1v) is 26.4. The fourth-order valence-electron chi connectivity index (χ4n) is 9.26. The number of carboxylic acids is 1. The molecule has 1 aliphatic rings. The second-order valence-electron chi connectivity index (χ2n) is 20.7. The Hall–Kier alpha value is -5.68. The number of carbonyl (C=O) groups is 5. The fourth-order valence-corrected chi connectivity index (χ4v) is 10.1. The summed E-state index contributed by atoms with van der Waals surface area (Å²) in [6.45, 7) is 18.6. The summed E-state index contributed by atoms with van der Waals surface area (Å²) in [7, 11) is 1.96. The van der Waals surface area contributed by atoms with Crippen molar-refractivity contribution in [3.8, 4) is 0 Å². The number of esters is 1. The van der Waals surface area contributed by atoms with E-state index in [4.69, 9.17) is 9.72 Å². The number of benzene rings is 2. The molecule has 0 unspecified atom stereocenters. The first-order valence-electron chi connectivity index (χ1n) is 25.5. The van der Waals surface area contributed by atoms with Crippen LogP contribution >= 0.6 is 11.3 Å². The number of likely N-dealkylation sites (N-methyl/N-ethyl adjacent to an activating group) is 1. The molecular weight excluding hydrogens is 919 g/mol. The molecular formula is C54H79N9O7S. The molecule has 17 heteroatoms. The maximum absolute atomic E-state index is 15.3. The predicted octanol–water partition coefficient (Wildman–Crippen LogP) is 8.33. The van der Waals surface area contributed by atoms with Gasteiger partial charge in [0.25, 0.3) is 5.91 Å². The first kappa shape index (κ1) is 56.2. The SMILES string of the molecule is CC[C@H](C)[C@H](NC(=O)[C@H]1CCCCN1C)C(=O)N(CCCCc1cn(Cc2ccccc2)nn1)[C@H](C[C@@H](OC(C)=O)c1nc(C(=O)N[C@@H](Cc2ccc(NC(C)C)cc2)CC(C)(C)C(=O)O)cs1)C(C)C. The van der Waals surface area contributed by atoms with Gasteiger partial charge in [-0.3, -0.25) is 28.9 Å². The van der Waals surface area contributed by atoms with Crippen LogP contribution in [0.25, 0.3) is 0 Å². The number of thiazole rings is 1. The van der Waals surface area contributed by atoms with Crippen LogP contribution < -0.4 is 16.0 Å². The monoisotopic (exact) mass is 998 g/mol. The number of carboxylic acid groups (broad SMARTS) is 1. The number of amides is 3. The Labute approximate surface area is 425 Å². The van der Waals surface area contributed by atoms with Crippen molar-refractivity contribution in [2.24, 2.45) is 17.3 Å². The van der Waals surface area contributed by atoms with Crippen LogP contribution in [0.15, 0.2) is 66.2 Å². The van der Waals surface area contributed by atoms with Gasteiger partial charge < -0.3 is 30.7 Å². The molecule has 1 saturated heterocycles. The number of unbranched alkanes of at least 4 members (excludes halogenated alkanes) is 1. The van der Waals surface area contributed by atoms with E-state index in [9.17, 15) is 24.3 Å². The van der Waals surface area contributed by atoms with Crippen molar-refractivity contribution in [1.82, 2.24) is 40.4 Å². The number of aryl methyl sites for hydroxylation is 1. The number of piperidine rings is 1. The first-order chi connectivity index (χ1) is 33.7. The Bertz CT molecular complexity index is 2330. The van der Waals surface area contributed by atoms with E-state index in [0.29, 0.717) is 43.8 Å². The highest BCUT2D eigenvalue weighted by Crippen LogP contribution is 2.33. The summed E-state index contributed by atoms with van der Waals surface area (Å²) in [5, 5.41) is 30.5. The van der Waals surface area contributed by atoms with E-state index < -0.39 is 47.5 Å². The smallest absolute Gasteiger partial charge is 0.309 e. The summed E-state index contributed by atoms with van der Waals surface area (Å²) in [5.41, 5.74) is 2.84. The molecule has 4 aromatic rings. The molecule has 0 radical (unpaired) electrons. The number of likely N-dealkylation sites (tertiary alicyclic amines) is 1. The Morgan fingerprint density at radius 3 is 2.31 bits per heavy atom. The largest absolute Gasteiger partial charge is 0.481 e. The lowest BCUT2D eigenvalue weighted by Gasteiger charge is -2.40. The molecule has 6 atom stereocenters. The fraction of sp³-hybridized carbons (Fsp3) is 0.593. The second kappa shape index (κ2) is 26.7. The van der Waals surface area contributed by atoms with Crippen LogP contribution in [-0.4, -0.2) is 115 Å². The molecule has 0 saturated carbocycles. The molecule has 0 spiro atoms. The maximum atomic E-state index is 15.3. The number of anilines is 1. The second-order valence-corrected chi connectivity index (χ2v) is 21.6. The molecule has 2 aromatic carbocycles. The van der Waals surface area contributed by atoms with Crippen LogP contribution in [0.4, 0.5) is 5.69 Å². The van der Waals surface area contributed by atoms with E-state index in [-0.39, 0.29) is 54.3 Å². The lowest BCUT2D eigenvalue weighted by atomic mass is 9.84. The van der Waals surface area contributed by atoms with Gasteiger partial charge in [0.15, 0.2) is 6.10 Å². The summed E-state index contributed by atoms with van der Waals surface area (Å²) >= 11 is 1.19. The number of nitrogens with one attached hydrogen (secondary N) is 3. The third-order valence-electron chi connectivity index (χ3n) is 13.5. The van der Waals surface area contributed by atoms with E-state index in [0.717, 1.165) is 54.7 Å². The highest BCUT2D eigenvalue weighted by Gasteiger charge is 2.39. The molecule has 3 amide bonds. The highest BCUT2D eigenvalue weighted by atomic mass is 32.1. The van der Waals surface area contributed by atoms with Crippen LogP contribution in [-0.2, 0) is 43.3 Å². The molecule has 3 heterocycles. The van der Waals surface area contributed by atoms with Crippen molar-refractivity contribution in [2.75, 3.05) is 25.5 Å². The molecule has 388 valence electrons. The number of hydrogen-bond acceptors (Lipinski definition) is 12. The number of carbonyl (C=O) groups excluding carboxylic acids is 4. The molecule has 0 aliphatic carbocycles. The van der Waals surface area contributed by atoms with Gasteiger partial charge >= 0.3 is 11.9 Å². The summed E-state index contributed by atoms with van der Waals surface area (Å²) in [6, 6.07) is 16.1. The standard InChI is InChI=1S/C54H79N9O7S/c1-11-37(6)48(58-50(66)45-22-16-17-27-61(45)10)52(67)63(28-18-15-21-42-33-62(60-59-42)32-40-19-13-12-14-20-40)46(35(2)3)30-47(70-38(7)64)51-57-44(34-71-51)49(65)56-43(31-54(8,9)53(68)69)29-39-23-25-41(26-24-39)55-36(4)5/h12-14,19-20,23-26,33-37,43,45-48,55H,11,15-18,21-22,27-32H2,1-10H3,(H,56,65)(H,58,66)(H,68,69)/t37-,43-,45+,46+,47+,48-/m0/s1. The number of ether oxygens (including phenoxy) is 1. The van der Waals surface area contributed by atoms with Gasteiger partial charge in [-0.25, -0.2) is 9.67 Å². The van der Waals surface area contributed by atoms with Crippen LogP contribution in [0.1, 0.15) is 152 Å². The number of hydrogen-bond donors (Lipinski definition) is 4. The zero-order valence-electron chi connectivity index (χ0n) is 43.7. The van der Waals surface area contributed by atoms with Gasteiger partial charge in [0, 0.05) is 55.3 Å². The summed E-state index contributed by atoms with van der Waals surface area (Å²) < 4.78 is 7.84. The van der Waals surface area contributed by atoms with E-state index in [1.165, 1.54) is 18.3 Å². The minimum atomic E-state index is -1.13. The summed E-state index contributed by atoms with van der Waals surface area (Å²) in [6.07, 6.45) is 7.14. The van der Waals surface area contributed by atoms with Crippen LogP contribution in [0, 0.1) is 17.3 Å². The third-order valence-corrected chi connectivity index (χ3v) is 14.5. The van der Waals surface area contributed by atoms with Gasteiger partial charge in [-0.2, -0.15) is 0 Å². The van der Waals surface area contributed by atoms with Gasteiger partial charge in [-0.05, 0) is 121 Å². The van der Waals surface area contributed by atoms with Crippen molar-refractivity contribution in [1.29, 1.82) is 0 Å². The van der Waals surface area contributed by atoms with Crippen LogP contribution in [0.5, 0.6) is 0 Å². The van der Waals surface area contributed by atoms with Crippen molar-refractivity contribution < 1.29 is 33.8 Å². The molecule has 1 aliphatic heterocycles. The average Bonchev–Trinajstić information content (AvgIpc) is 4.00. The number of rotatable bonds is 27. The third kappa shape index (κ3) is 17.0. The van der Waals surface area contributed by atoms with E-state index in [2.05, 4.69) is 45.0 Å². The van der Waals surface area contributed by atoms with Crippen LogP contribution in [0.2, 0.25) is 0 Å². The van der Waals surface area contributed by atoms with Crippen molar-refractivity contribution >= 4 is 46.7 Å². The maximum Gasteiger partial charge on any atom is 0.309 e. The molecule has 4 N–H and O–H groups in total. The highest BCUT2D eigenvalue weighted by molar-refractivity contribution is 7.09. The molecule has 0 bridgehead atoms. The minimum Gasteiger partial charge on any atom is -0.481 e. The quantitative estimate of drug-likeness (QED) is 0.0329. The van der Waals surface area contributed by atoms with Gasteiger partial charge in [0.05, 0.1) is 23.7 Å². The number of aliphatic carboxylic acids is 1. The van der Waals surface area contributed by atoms with E-state index >= 15 is 4.79 Å². The summed E-state index contributed by atoms with van der Waals surface area (Å²) in [4.78, 5) is 77.1. The Morgan fingerprint density at radius 2 is 1.68 bits per heavy atom. The Morgan fingerprint density at radius 1 is 0.958 bits per heavy atom. The topological polar surface area (TPSA) is 201 Å². The zero-order valence-corrected chi connectivity index (χ0v) is 44.5. The molecule has 2 aromatic heterocycles. The molecule has 16 nitrogen and oxygen atoms in total. The molecule has 5 rings (SSSR count). The van der Waals surface area contributed by atoms with E-state index in [1.54, 1.807) is 19.2 Å². The average molecular weight is 998 g/mol. The molecule has 71 heavy (non-hydrogen) atoms. The lowest BCUT2D eigenvalue weighted by Crippen LogP contribution is -2.59. The van der Waals surface area contributed by atoms with Crippen molar-refractivity contribution in [2.45, 2.75) is 169 Å². The van der Waals surface area contributed by atoms with Crippen molar-refractivity contribution in [3.63, 3.8) is 0 Å². The number of nitrogens with zero attached hydrogens (tertiary/aromatic N) is 6. The van der Waals surface area contributed by atoms with Gasteiger partial charge in [0.2, 0.25) is 11.8 Å². The zero-order chi connectivity index (χ0) is 51.8. The van der Waals surface area contributed by atoms with Gasteiger partial charge in [-0.15, -0.1) is 16.4 Å². The minimum absolute atomic E-state index is 0.110. The predicted molar refractivity (Wildman–Crippen MR) is 278 cm³/mol. The van der Waals surface area contributed by atoms with Gasteiger partial charge in [0.1, 0.15) is 16.7 Å². The Kier molecular flexibility index (Phi) is 21.1. The van der Waals surface area contributed by atoms with E-state index in [1.807, 2.05) is 105 Å². The van der Waals surface area contributed by atoms with Crippen LogP contribution in [0.3, 0.4) is 0 Å². The van der Waals surface area contributed by atoms with Crippen molar-refractivity contribution in [3.05, 3.63) is 93.7 Å². The molecule has 1 fully saturated rings. The normalized spacial score (nSPS) is 16.4. The summed E-state index contributed by atoms with van der Waals surface area (Å²) in [5.74, 6) is -2.63.